The maximum atomic E-state index is 6.24. The molecule has 0 unspecified atom stereocenters. The molecule has 6 heteroatoms. The summed E-state index contributed by atoms with van der Waals surface area (Å²) < 4.78 is 1.99. The predicted molar refractivity (Wildman–Crippen MR) is 127 cm³/mol. The average Bonchev–Trinajstić information content (AvgIpc) is 3.17. The van der Waals surface area contributed by atoms with Crippen LogP contribution in [0.4, 0.5) is 17.5 Å². The van der Waals surface area contributed by atoms with E-state index in [4.69, 9.17) is 10.7 Å². The smallest absolute Gasteiger partial charge is 0.229 e. The monoisotopic (exact) mass is 412 g/mol. The minimum atomic E-state index is 0.0547. The molecule has 0 fully saturated rings. The van der Waals surface area contributed by atoms with Crippen LogP contribution in [0.1, 0.15) is 37.6 Å². The molecule has 0 radical (unpaired) electrons. The summed E-state index contributed by atoms with van der Waals surface area (Å²) in [7, 11) is 0. The van der Waals surface area contributed by atoms with Crippen molar-refractivity contribution in [2.45, 2.75) is 40.0 Å². The SMILES string of the molecule is Cc1cn(-c2ccc(Nc3nc(N)c(C)c(-c4cccc(C(C)(C)C)c4)n3)cc2)cn1. The molecular formula is C25H28N6. The lowest BCUT2D eigenvalue weighted by Crippen LogP contribution is -2.11. The number of nitrogens with zero attached hydrogens (tertiary/aromatic N) is 4. The molecule has 158 valence electrons. The molecule has 0 aliphatic rings. The summed E-state index contributed by atoms with van der Waals surface area (Å²) in [5.41, 5.74) is 13.2. The summed E-state index contributed by atoms with van der Waals surface area (Å²) in [5, 5.41) is 3.28. The molecule has 0 aliphatic carbocycles. The molecule has 0 bridgehead atoms. The first-order valence-electron chi connectivity index (χ1n) is 10.3. The molecule has 0 spiro atoms. The van der Waals surface area contributed by atoms with E-state index in [-0.39, 0.29) is 5.41 Å². The summed E-state index contributed by atoms with van der Waals surface area (Å²) >= 11 is 0. The van der Waals surface area contributed by atoms with E-state index in [9.17, 15) is 0 Å². The Bertz CT molecular complexity index is 1220. The van der Waals surface area contributed by atoms with E-state index >= 15 is 0 Å². The zero-order valence-corrected chi connectivity index (χ0v) is 18.6. The van der Waals surface area contributed by atoms with Crippen LogP contribution in [-0.4, -0.2) is 19.5 Å². The highest BCUT2D eigenvalue weighted by Crippen LogP contribution is 2.31. The standard InChI is InChI=1S/C25H28N6/c1-16-14-31(15-27-16)21-11-9-20(10-12-21)28-24-29-22(17(2)23(26)30-24)18-7-6-8-19(13-18)25(3,4)5/h6-15H,1-5H3,(H3,26,28,29,30). The maximum absolute atomic E-state index is 6.24. The van der Waals surface area contributed by atoms with Crippen molar-refractivity contribution in [3.05, 3.63) is 77.9 Å². The van der Waals surface area contributed by atoms with Crippen molar-refractivity contribution >= 4 is 17.5 Å². The molecule has 6 nitrogen and oxygen atoms in total. The van der Waals surface area contributed by atoms with Crippen molar-refractivity contribution < 1.29 is 0 Å². The van der Waals surface area contributed by atoms with E-state index < -0.39 is 0 Å². The first-order chi connectivity index (χ1) is 14.7. The van der Waals surface area contributed by atoms with E-state index in [2.05, 4.69) is 60.3 Å². The zero-order valence-electron chi connectivity index (χ0n) is 18.6. The minimum absolute atomic E-state index is 0.0547. The number of hydrogen-bond acceptors (Lipinski definition) is 5. The van der Waals surface area contributed by atoms with Crippen molar-refractivity contribution in [1.29, 1.82) is 0 Å². The number of anilines is 3. The third-order valence-corrected chi connectivity index (χ3v) is 5.32. The van der Waals surface area contributed by atoms with Crippen LogP contribution in [0, 0.1) is 13.8 Å². The molecule has 2 aromatic heterocycles. The van der Waals surface area contributed by atoms with Gasteiger partial charge in [0.2, 0.25) is 5.95 Å². The Morgan fingerprint density at radius 1 is 0.968 bits per heavy atom. The predicted octanol–water partition coefficient (Wildman–Crippen LogP) is 5.57. The normalized spacial score (nSPS) is 11.5. The Hall–Kier alpha value is -3.67. The van der Waals surface area contributed by atoms with Gasteiger partial charge in [-0.2, -0.15) is 4.98 Å². The van der Waals surface area contributed by atoms with Gasteiger partial charge < -0.3 is 15.6 Å². The molecule has 0 atom stereocenters. The fourth-order valence-electron chi connectivity index (χ4n) is 3.41. The molecule has 0 saturated heterocycles. The first-order valence-corrected chi connectivity index (χ1v) is 10.3. The molecule has 0 amide bonds. The molecule has 2 aromatic carbocycles. The lowest BCUT2D eigenvalue weighted by molar-refractivity contribution is 0.590. The Kier molecular flexibility index (Phi) is 5.23. The van der Waals surface area contributed by atoms with Crippen molar-refractivity contribution in [3.63, 3.8) is 0 Å². The van der Waals surface area contributed by atoms with E-state index in [1.807, 2.05) is 48.9 Å². The number of nitrogen functional groups attached to an aromatic ring is 1. The van der Waals surface area contributed by atoms with E-state index in [0.29, 0.717) is 11.8 Å². The van der Waals surface area contributed by atoms with Crippen LogP contribution in [0.3, 0.4) is 0 Å². The van der Waals surface area contributed by atoms with Crippen molar-refractivity contribution in [2.24, 2.45) is 0 Å². The lowest BCUT2D eigenvalue weighted by Gasteiger charge is -2.20. The Labute approximate surface area is 183 Å². The summed E-state index contributed by atoms with van der Waals surface area (Å²) in [5.74, 6) is 0.949. The van der Waals surface area contributed by atoms with Gasteiger partial charge in [0.05, 0.1) is 17.7 Å². The molecule has 0 aliphatic heterocycles. The number of aromatic nitrogens is 4. The molecule has 4 aromatic rings. The third kappa shape index (κ3) is 4.43. The number of rotatable bonds is 4. The van der Waals surface area contributed by atoms with Gasteiger partial charge in [-0.05, 0) is 55.2 Å². The van der Waals surface area contributed by atoms with E-state index in [1.165, 1.54) is 5.56 Å². The topological polar surface area (TPSA) is 81.7 Å². The summed E-state index contributed by atoms with van der Waals surface area (Å²) in [4.78, 5) is 13.5. The van der Waals surface area contributed by atoms with Crippen molar-refractivity contribution in [2.75, 3.05) is 11.1 Å². The highest BCUT2D eigenvalue weighted by molar-refractivity contribution is 5.71. The van der Waals surface area contributed by atoms with Gasteiger partial charge in [-0.25, -0.2) is 9.97 Å². The van der Waals surface area contributed by atoms with Crippen LogP contribution in [0.5, 0.6) is 0 Å². The van der Waals surface area contributed by atoms with Gasteiger partial charge in [0, 0.05) is 28.7 Å². The number of nitrogens with two attached hydrogens (primary N) is 1. The molecule has 31 heavy (non-hydrogen) atoms. The molecule has 3 N–H and O–H groups in total. The van der Waals surface area contributed by atoms with Crippen molar-refractivity contribution in [1.82, 2.24) is 19.5 Å². The second-order valence-corrected chi connectivity index (χ2v) is 8.83. The number of benzene rings is 2. The van der Waals surface area contributed by atoms with E-state index in [1.54, 1.807) is 6.33 Å². The fraction of sp³-hybridized carbons (Fsp3) is 0.240. The first kappa shape index (κ1) is 20.6. The van der Waals surface area contributed by atoms with Crippen LogP contribution in [0.2, 0.25) is 0 Å². The van der Waals surface area contributed by atoms with E-state index in [0.717, 1.165) is 33.9 Å². The van der Waals surface area contributed by atoms with Crippen molar-refractivity contribution in [3.8, 4) is 16.9 Å². The molecule has 2 heterocycles. The average molecular weight is 413 g/mol. The number of imidazole rings is 1. The second-order valence-electron chi connectivity index (χ2n) is 8.83. The minimum Gasteiger partial charge on any atom is -0.383 e. The second kappa shape index (κ2) is 7.87. The number of hydrogen-bond donors (Lipinski definition) is 2. The van der Waals surface area contributed by atoms with Crippen LogP contribution >= 0.6 is 0 Å². The highest BCUT2D eigenvalue weighted by atomic mass is 15.1. The summed E-state index contributed by atoms with van der Waals surface area (Å²) in [6.07, 6.45) is 3.80. The fourth-order valence-corrected chi connectivity index (χ4v) is 3.41. The Balaban J connectivity index is 1.64. The van der Waals surface area contributed by atoms with Crippen LogP contribution in [-0.2, 0) is 5.41 Å². The van der Waals surface area contributed by atoms with Gasteiger partial charge in [-0.3, -0.25) is 0 Å². The van der Waals surface area contributed by atoms with Crippen LogP contribution in [0.15, 0.2) is 61.1 Å². The van der Waals surface area contributed by atoms with Gasteiger partial charge in [0.15, 0.2) is 0 Å². The maximum Gasteiger partial charge on any atom is 0.229 e. The zero-order chi connectivity index (χ0) is 22.2. The summed E-state index contributed by atoms with van der Waals surface area (Å²) in [6, 6.07) is 16.5. The lowest BCUT2D eigenvalue weighted by atomic mass is 9.85. The molecule has 4 rings (SSSR count). The quantitative estimate of drug-likeness (QED) is 0.458. The largest absolute Gasteiger partial charge is 0.383 e. The molecular weight excluding hydrogens is 384 g/mol. The van der Waals surface area contributed by atoms with Gasteiger partial charge in [-0.1, -0.05) is 39.0 Å². The van der Waals surface area contributed by atoms with Gasteiger partial charge >= 0.3 is 0 Å². The van der Waals surface area contributed by atoms with Crippen LogP contribution < -0.4 is 11.1 Å². The highest BCUT2D eigenvalue weighted by Gasteiger charge is 2.16. The van der Waals surface area contributed by atoms with Gasteiger partial charge in [0.1, 0.15) is 5.82 Å². The Morgan fingerprint density at radius 3 is 2.35 bits per heavy atom. The Morgan fingerprint density at radius 2 is 1.71 bits per heavy atom. The van der Waals surface area contributed by atoms with Gasteiger partial charge in [0.25, 0.3) is 0 Å². The van der Waals surface area contributed by atoms with Crippen LogP contribution in [0.25, 0.3) is 16.9 Å². The number of nitrogens with one attached hydrogen (secondary N) is 1. The third-order valence-electron chi connectivity index (χ3n) is 5.32. The molecule has 0 saturated carbocycles. The number of aryl methyl sites for hydroxylation is 1. The summed E-state index contributed by atoms with van der Waals surface area (Å²) in [6.45, 7) is 10.5. The van der Waals surface area contributed by atoms with Gasteiger partial charge in [-0.15, -0.1) is 0 Å².